The van der Waals surface area contributed by atoms with Crippen molar-refractivity contribution in [2.45, 2.75) is 4.90 Å². The molecule has 3 aromatic rings. The highest BCUT2D eigenvalue weighted by Gasteiger charge is 2.04. The van der Waals surface area contributed by atoms with Crippen molar-refractivity contribution in [3.05, 3.63) is 78.9 Å². The highest BCUT2D eigenvalue weighted by atomic mass is 32.1. The predicted octanol–water partition coefficient (Wildman–Crippen LogP) is 5.31. The molecule has 19 heavy (non-hydrogen) atoms. The lowest BCUT2D eigenvalue weighted by Crippen LogP contribution is -1.83. The Morgan fingerprint density at radius 3 is 1.68 bits per heavy atom. The predicted molar refractivity (Wildman–Crippen MR) is 84.6 cm³/mol. The zero-order valence-electron chi connectivity index (χ0n) is 10.5. The molecule has 92 valence electrons. The Hall–Kier alpha value is -1.99. The van der Waals surface area contributed by atoms with Crippen LogP contribution in [0.5, 0.6) is 0 Å². The van der Waals surface area contributed by atoms with Crippen molar-refractivity contribution in [3.63, 3.8) is 0 Å². The first kappa shape index (κ1) is 12.1. The molecule has 0 unspecified atom stereocenters. The van der Waals surface area contributed by atoms with E-state index in [4.69, 9.17) is 0 Å². The molecule has 0 aliphatic heterocycles. The van der Waals surface area contributed by atoms with Crippen molar-refractivity contribution in [1.29, 1.82) is 0 Å². The minimum atomic E-state index is 1.01. The van der Waals surface area contributed by atoms with E-state index in [2.05, 4.69) is 67.2 Å². The molecule has 0 aliphatic carbocycles. The smallest absolute Gasteiger partial charge is 0.0125 e. The number of hydrogen-bond donors (Lipinski definition) is 1. The lowest BCUT2D eigenvalue weighted by molar-refractivity contribution is 1.45. The van der Waals surface area contributed by atoms with Gasteiger partial charge in [-0.15, -0.1) is 12.6 Å². The Morgan fingerprint density at radius 2 is 1.11 bits per heavy atom. The molecule has 0 nitrogen and oxygen atoms in total. The zero-order chi connectivity index (χ0) is 13.1. The summed E-state index contributed by atoms with van der Waals surface area (Å²) < 4.78 is 0. The molecule has 0 aliphatic rings. The molecule has 0 saturated heterocycles. The van der Waals surface area contributed by atoms with Gasteiger partial charge >= 0.3 is 0 Å². The van der Waals surface area contributed by atoms with Crippen LogP contribution in [0.25, 0.3) is 22.3 Å². The monoisotopic (exact) mass is 262 g/mol. The van der Waals surface area contributed by atoms with Crippen molar-refractivity contribution in [1.82, 2.24) is 0 Å². The first-order chi connectivity index (χ1) is 9.34. The minimum absolute atomic E-state index is 1.01. The van der Waals surface area contributed by atoms with Crippen LogP contribution < -0.4 is 0 Å². The molecule has 0 fully saturated rings. The molecule has 0 amide bonds. The Labute approximate surface area is 119 Å². The molecule has 1 heteroatoms. The van der Waals surface area contributed by atoms with E-state index in [1.165, 1.54) is 22.3 Å². The summed E-state index contributed by atoms with van der Waals surface area (Å²) in [7, 11) is 0. The van der Waals surface area contributed by atoms with Gasteiger partial charge in [0.15, 0.2) is 0 Å². The zero-order valence-corrected chi connectivity index (χ0v) is 11.3. The Morgan fingerprint density at radius 1 is 0.526 bits per heavy atom. The van der Waals surface area contributed by atoms with Crippen molar-refractivity contribution < 1.29 is 0 Å². The number of benzene rings is 3. The van der Waals surface area contributed by atoms with Gasteiger partial charge in [0, 0.05) is 4.90 Å². The third-order valence-corrected chi connectivity index (χ3v) is 3.56. The van der Waals surface area contributed by atoms with E-state index >= 15 is 0 Å². The number of hydrogen-bond acceptors (Lipinski definition) is 1. The largest absolute Gasteiger partial charge is 0.143 e. The maximum Gasteiger partial charge on any atom is 0.0125 e. The third-order valence-electron chi connectivity index (χ3n) is 3.19. The minimum Gasteiger partial charge on any atom is -0.143 e. The summed E-state index contributed by atoms with van der Waals surface area (Å²) >= 11 is 4.63. The molecule has 3 rings (SSSR count). The van der Waals surface area contributed by atoms with E-state index in [1.807, 2.05) is 24.3 Å². The van der Waals surface area contributed by atoms with Gasteiger partial charge in [-0.3, -0.25) is 0 Å². The van der Waals surface area contributed by atoms with Crippen molar-refractivity contribution in [3.8, 4) is 22.3 Å². The van der Waals surface area contributed by atoms with E-state index in [9.17, 15) is 0 Å². The Kier molecular flexibility index (Phi) is 3.39. The fourth-order valence-electron chi connectivity index (χ4n) is 2.20. The topological polar surface area (TPSA) is 0 Å². The van der Waals surface area contributed by atoms with Crippen LogP contribution in [-0.2, 0) is 0 Å². The van der Waals surface area contributed by atoms with Gasteiger partial charge in [-0.05, 0) is 28.3 Å². The lowest BCUT2D eigenvalue weighted by Gasteiger charge is -2.08. The van der Waals surface area contributed by atoms with Crippen LogP contribution in [0.2, 0.25) is 0 Å². The van der Waals surface area contributed by atoms with Gasteiger partial charge < -0.3 is 0 Å². The molecule has 0 aromatic heterocycles. The maximum atomic E-state index is 4.63. The molecular weight excluding hydrogens is 248 g/mol. The first-order valence-electron chi connectivity index (χ1n) is 6.28. The molecule has 0 bridgehead atoms. The van der Waals surface area contributed by atoms with Crippen LogP contribution in [0.3, 0.4) is 0 Å². The highest BCUT2D eigenvalue weighted by Crippen LogP contribution is 2.30. The molecule has 3 aromatic carbocycles. The fourth-order valence-corrected chi connectivity index (χ4v) is 2.55. The highest BCUT2D eigenvalue weighted by molar-refractivity contribution is 7.80. The average molecular weight is 262 g/mol. The van der Waals surface area contributed by atoms with Gasteiger partial charge in [0.25, 0.3) is 0 Å². The van der Waals surface area contributed by atoms with E-state index in [1.54, 1.807) is 0 Å². The maximum absolute atomic E-state index is 4.63. The number of thiol groups is 1. The van der Waals surface area contributed by atoms with Gasteiger partial charge in [-0.25, -0.2) is 0 Å². The molecule has 0 atom stereocenters. The summed E-state index contributed by atoms with van der Waals surface area (Å²) in [6.07, 6.45) is 0. The van der Waals surface area contributed by atoms with Crippen LogP contribution in [0.4, 0.5) is 0 Å². The normalized spacial score (nSPS) is 10.4. The molecule has 0 heterocycles. The second-order valence-corrected chi connectivity index (χ2v) is 4.95. The molecular formula is C18H14S. The van der Waals surface area contributed by atoms with Gasteiger partial charge in [0.05, 0.1) is 0 Å². The average Bonchev–Trinajstić information content (AvgIpc) is 2.49. The Bertz CT molecular complexity index is 673. The van der Waals surface area contributed by atoms with E-state index < -0.39 is 0 Å². The van der Waals surface area contributed by atoms with Crippen molar-refractivity contribution in [2.75, 3.05) is 0 Å². The molecule has 0 radical (unpaired) electrons. The van der Waals surface area contributed by atoms with Crippen LogP contribution in [0.15, 0.2) is 83.8 Å². The van der Waals surface area contributed by atoms with E-state index in [-0.39, 0.29) is 0 Å². The van der Waals surface area contributed by atoms with Gasteiger partial charge in [-0.2, -0.15) is 0 Å². The van der Waals surface area contributed by atoms with Gasteiger partial charge in [0.1, 0.15) is 0 Å². The van der Waals surface area contributed by atoms with Gasteiger partial charge in [-0.1, -0.05) is 72.8 Å². The standard InChI is InChI=1S/C18H14S/c19-18-13-16(14-7-3-1-4-8-14)11-12-17(18)15-9-5-2-6-10-15/h1-13,19H. The quantitative estimate of drug-likeness (QED) is 0.594. The molecule has 0 spiro atoms. The molecule has 0 saturated carbocycles. The second kappa shape index (κ2) is 5.33. The number of rotatable bonds is 2. The summed E-state index contributed by atoms with van der Waals surface area (Å²) in [5, 5.41) is 0. The molecule has 0 N–H and O–H groups in total. The van der Waals surface area contributed by atoms with Crippen LogP contribution in [0, 0.1) is 0 Å². The van der Waals surface area contributed by atoms with Crippen molar-refractivity contribution in [2.24, 2.45) is 0 Å². The Balaban J connectivity index is 2.04. The summed E-state index contributed by atoms with van der Waals surface area (Å²) in [6, 6.07) is 27.1. The fraction of sp³-hybridized carbons (Fsp3) is 0. The summed E-state index contributed by atoms with van der Waals surface area (Å²) in [5.41, 5.74) is 4.79. The first-order valence-corrected chi connectivity index (χ1v) is 6.73. The summed E-state index contributed by atoms with van der Waals surface area (Å²) in [4.78, 5) is 1.01. The SMILES string of the molecule is Sc1cc(-c2ccccc2)ccc1-c1ccccc1. The lowest BCUT2D eigenvalue weighted by atomic mass is 10.0. The van der Waals surface area contributed by atoms with E-state index in [0.29, 0.717) is 0 Å². The summed E-state index contributed by atoms with van der Waals surface area (Å²) in [5.74, 6) is 0. The van der Waals surface area contributed by atoms with Crippen LogP contribution in [-0.4, -0.2) is 0 Å². The second-order valence-electron chi connectivity index (χ2n) is 4.46. The third kappa shape index (κ3) is 2.56. The van der Waals surface area contributed by atoms with Crippen LogP contribution in [0.1, 0.15) is 0 Å². The van der Waals surface area contributed by atoms with E-state index in [0.717, 1.165) is 4.90 Å². The van der Waals surface area contributed by atoms with Gasteiger partial charge in [0.2, 0.25) is 0 Å². The van der Waals surface area contributed by atoms with Crippen LogP contribution >= 0.6 is 12.6 Å². The van der Waals surface area contributed by atoms with Crippen molar-refractivity contribution >= 4 is 12.6 Å². The summed E-state index contributed by atoms with van der Waals surface area (Å²) in [6.45, 7) is 0.